The monoisotopic (exact) mass is 385 g/mol. The number of alkyl halides is 6. The molecule has 3 nitrogen and oxygen atoms in total. The molecule has 27 heavy (non-hydrogen) atoms. The molecule has 0 radical (unpaired) electrons. The number of fused-ring (bicyclic) bond motifs is 1. The molecule has 0 spiro atoms. The average Bonchev–Trinajstić information content (AvgIpc) is 2.58. The van der Waals surface area contributed by atoms with Crippen LogP contribution in [0.4, 0.5) is 26.3 Å². The fourth-order valence-electron chi connectivity index (χ4n) is 2.67. The van der Waals surface area contributed by atoms with Crippen LogP contribution in [-0.2, 0) is 12.4 Å². The van der Waals surface area contributed by atoms with Gasteiger partial charge in [0.05, 0.1) is 27.9 Å². The van der Waals surface area contributed by atoms with E-state index in [4.69, 9.17) is 0 Å². The quantitative estimate of drug-likeness (QED) is 0.581. The number of hydrogen-bond acceptors (Lipinski definition) is 2. The van der Waals surface area contributed by atoms with Crippen molar-refractivity contribution in [2.24, 2.45) is 0 Å². The van der Waals surface area contributed by atoms with E-state index in [1.54, 1.807) is 0 Å². The standard InChI is InChI=1S/C18H9F6NO2/c19-17(20,21)9-5-6-14-11(7-9)12(16(26)27)8-15(25-14)10-3-1-2-4-13(10)18(22,23)24/h1-8H,(H,26,27). The average molecular weight is 385 g/mol. The highest BCUT2D eigenvalue weighted by molar-refractivity contribution is 6.04. The number of aromatic carboxylic acids is 1. The second-order valence-electron chi connectivity index (χ2n) is 5.63. The number of rotatable bonds is 2. The molecule has 0 aliphatic rings. The first-order chi connectivity index (χ1) is 12.5. The van der Waals surface area contributed by atoms with Crippen molar-refractivity contribution in [2.75, 3.05) is 0 Å². The van der Waals surface area contributed by atoms with Crippen LogP contribution in [0.25, 0.3) is 22.2 Å². The van der Waals surface area contributed by atoms with Crippen molar-refractivity contribution in [1.82, 2.24) is 4.98 Å². The molecule has 1 aromatic heterocycles. The van der Waals surface area contributed by atoms with E-state index in [1.165, 1.54) is 12.1 Å². The van der Waals surface area contributed by atoms with Crippen LogP contribution in [0.5, 0.6) is 0 Å². The van der Waals surface area contributed by atoms with Gasteiger partial charge >= 0.3 is 18.3 Å². The fourth-order valence-corrected chi connectivity index (χ4v) is 2.67. The minimum Gasteiger partial charge on any atom is -0.478 e. The Morgan fingerprint density at radius 2 is 1.56 bits per heavy atom. The SMILES string of the molecule is O=C(O)c1cc(-c2ccccc2C(F)(F)F)nc2ccc(C(F)(F)F)cc12. The Hall–Kier alpha value is -3.10. The van der Waals surface area contributed by atoms with E-state index < -0.39 is 35.0 Å². The molecule has 0 bridgehead atoms. The number of carboxylic acids is 1. The number of nitrogens with zero attached hydrogens (tertiary/aromatic N) is 1. The van der Waals surface area contributed by atoms with Crippen LogP contribution in [-0.4, -0.2) is 16.1 Å². The molecule has 0 unspecified atom stereocenters. The van der Waals surface area contributed by atoms with Crippen molar-refractivity contribution in [1.29, 1.82) is 0 Å². The van der Waals surface area contributed by atoms with Gasteiger partial charge in [-0.1, -0.05) is 18.2 Å². The van der Waals surface area contributed by atoms with Gasteiger partial charge in [0.25, 0.3) is 0 Å². The summed E-state index contributed by atoms with van der Waals surface area (Å²) in [5.41, 5.74) is -3.50. The molecule has 0 aliphatic carbocycles. The summed E-state index contributed by atoms with van der Waals surface area (Å²) >= 11 is 0. The molecule has 0 amide bonds. The van der Waals surface area contributed by atoms with E-state index in [2.05, 4.69) is 4.98 Å². The normalized spacial score (nSPS) is 12.4. The van der Waals surface area contributed by atoms with Gasteiger partial charge in [0.1, 0.15) is 0 Å². The summed E-state index contributed by atoms with van der Waals surface area (Å²) in [5.74, 6) is -1.58. The van der Waals surface area contributed by atoms with Crippen LogP contribution in [0.1, 0.15) is 21.5 Å². The first-order valence-electron chi connectivity index (χ1n) is 7.40. The van der Waals surface area contributed by atoms with Gasteiger partial charge < -0.3 is 5.11 Å². The molecule has 1 heterocycles. The number of aromatic nitrogens is 1. The predicted octanol–water partition coefficient (Wildman–Crippen LogP) is 5.64. The Labute approximate surface area is 147 Å². The molecule has 0 fully saturated rings. The highest BCUT2D eigenvalue weighted by Crippen LogP contribution is 2.38. The highest BCUT2D eigenvalue weighted by Gasteiger charge is 2.34. The van der Waals surface area contributed by atoms with Gasteiger partial charge in [-0.05, 0) is 30.3 Å². The van der Waals surface area contributed by atoms with Crippen LogP contribution in [0, 0.1) is 0 Å². The molecular weight excluding hydrogens is 376 g/mol. The first kappa shape index (κ1) is 18.7. The molecule has 0 aliphatic heterocycles. The number of pyridine rings is 1. The molecule has 0 saturated carbocycles. The number of carbonyl (C=O) groups is 1. The molecule has 140 valence electrons. The summed E-state index contributed by atoms with van der Waals surface area (Å²) in [4.78, 5) is 15.5. The van der Waals surface area contributed by atoms with E-state index >= 15 is 0 Å². The lowest BCUT2D eigenvalue weighted by Crippen LogP contribution is -2.09. The molecule has 3 aromatic rings. The second-order valence-corrected chi connectivity index (χ2v) is 5.63. The summed E-state index contributed by atoms with van der Waals surface area (Å²) in [7, 11) is 0. The zero-order valence-corrected chi connectivity index (χ0v) is 13.2. The maximum atomic E-state index is 13.2. The van der Waals surface area contributed by atoms with Gasteiger partial charge in [-0.3, -0.25) is 0 Å². The van der Waals surface area contributed by atoms with Crippen LogP contribution in [0.3, 0.4) is 0 Å². The van der Waals surface area contributed by atoms with Gasteiger partial charge in [0, 0.05) is 10.9 Å². The van der Waals surface area contributed by atoms with Crippen molar-refractivity contribution in [3.63, 3.8) is 0 Å². The number of hydrogen-bond donors (Lipinski definition) is 1. The van der Waals surface area contributed by atoms with Gasteiger partial charge in [0.2, 0.25) is 0 Å². The molecule has 9 heteroatoms. The summed E-state index contributed by atoms with van der Waals surface area (Å²) in [6, 6.07) is 7.51. The lowest BCUT2D eigenvalue weighted by atomic mass is 9.99. The van der Waals surface area contributed by atoms with Crippen molar-refractivity contribution < 1.29 is 36.2 Å². The van der Waals surface area contributed by atoms with E-state index in [0.29, 0.717) is 12.1 Å². The lowest BCUT2D eigenvalue weighted by Gasteiger charge is -2.14. The zero-order valence-electron chi connectivity index (χ0n) is 13.2. The fraction of sp³-hybridized carbons (Fsp3) is 0.111. The Balaban J connectivity index is 2.31. The lowest BCUT2D eigenvalue weighted by molar-refractivity contribution is -0.138. The molecule has 0 atom stereocenters. The Kier molecular flexibility index (Phi) is 4.33. The summed E-state index contributed by atoms with van der Waals surface area (Å²) in [6.07, 6.45) is -9.41. The number of halogens is 6. The third-order valence-corrected chi connectivity index (χ3v) is 3.87. The topological polar surface area (TPSA) is 50.2 Å². The molecule has 3 rings (SSSR count). The zero-order chi connectivity index (χ0) is 20.0. The number of benzene rings is 2. The summed E-state index contributed by atoms with van der Waals surface area (Å²) in [5, 5.41) is 9.03. The first-order valence-corrected chi connectivity index (χ1v) is 7.40. The van der Waals surface area contributed by atoms with Gasteiger partial charge in [-0.25, -0.2) is 9.78 Å². The van der Waals surface area contributed by atoms with Crippen LogP contribution < -0.4 is 0 Å². The van der Waals surface area contributed by atoms with E-state index in [1.807, 2.05) is 0 Å². The van der Waals surface area contributed by atoms with Gasteiger partial charge in [-0.2, -0.15) is 26.3 Å². The second kappa shape index (κ2) is 6.26. The molecule has 1 N–H and O–H groups in total. The van der Waals surface area contributed by atoms with Crippen molar-refractivity contribution in [3.8, 4) is 11.3 Å². The number of carboxylic acid groups (broad SMARTS) is 1. The van der Waals surface area contributed by atoms with Crippen molar-refractivity contribution >= 4 is 16.9 Å². The van der Waals surface area contributed by atoms with Crippen molar-refractivity contribution in [2.45, 2.75) is 12.4 Å². The maximum absolute atomic E-state index is 13.2. The van der Waals surface area contributed by atoms with Crippen LogP contribution >= 0.6 is 0 Å². The van der Waals surface area contributed by atoms with E-state index in [-0.39, 0.29) is 22.2 Å². The molecule has 2 aromatic carbocycles. The smallest absolute Gasteiger partial charge is 0.417 e. The summed E-state index contributed by atoms with van der Waals surface area (Å²) < 4.78 is 78.3. The third-order valence-electron chi connectivity index (χ3n) is 3.87. The van der Waals surface area contributed by atoms with E-state index in [9.17, 15) is 36.2 Å². The molecular formula is C18H9F6NO2. The summed E-state index contributed by atoms with van der Waals surface area (Å²) in [6.45, 7) is 0. The predicted molar refractivity (Wildman–Crippen MR) is 84.1 cm³/mol. The Morgan fingerprint density at radius 3 is 2.15 bits per heavy atom. The Morgan fingerprint density at radius 1 is 0.889 bits per heavy atom. The van der Waals surface area contributed by atoms with E-state index in [0.717, 1.165) is 24.3 Å². The van der Waals surface area contributed by atoms with Crippen LogP contribution in [0.2, 0.25) is 0 Å². The Bertz CT molecular complexity index is 1040. The third kappa shape index (κ3) is 3.57. The molecule has 0 saturated heterocycles. The van der Waals surface area contributed by atoms with Gasteiger partial charge in [-0.15, -0.1) is 0 Å². The minimum atomic E-state index is -4.71. The van der Waals surface area contributed by atoms with Crippen LogP contribution in [0.15, 0.2) is 48.5 Å². The highest BCUT2D eigenvalue weighted by atomic mass is 19.4. The largest absolute Gasteiger partial charge is 0.478 e. The van der Waals surface area contributed by atoms with Gasteiger partial charge in [0.15, 0.2) is 0 Å². The minimum absolute atomic E-state index is 0.158. The maximum Gasteiger partial charge on any atom is 0.417 e. The van der Waals surface area contributed by atoms with Crippen molar-refractivity contribution in [3.05, 3.63) is 65.2 Å².